The smallest absolute Gasteiger partial charge is 0.256 e. The maximum atomic E-state index is 12.1. The van der Waals surface area contributed by atoms with Crippen molar-refractivity contribution in [3.8, 4) is 0 Å². The zero-order valence-electron chi connectivity index (χ0n) is 15.6. The standard InChI is InChI=1S/C21H20N4O2S/c1-14-10-15(2)12-17(11-14)22-19(26)13-28-20-9-8-18(24-25-20)23-21(27)16-6-4-3-5-7-16/h3-12H,13H2,1-2H3,(H,22,26)(H,23,24,27). The molecular weight excluding hydrogens is 372 g/mol. The van der Waals surface area contributed by atoms with E-state index in [9.17, 15) is 9.59 Å². The summed E-state index contributed by atoms with van der Waals surface area (Å²) >= 11 is 1.28. The van der Waals surface area contributed by atoms with Crippen LogP contribution in [0.2, 0.25) is 0 Å². The zero-order chi connectivity index (χ0) is 19.9. The Morgan fingerprint density at radius 1 is 0.893 bits per heavy atom. The molecule has 0 fully saturated rings. The fourth-order valence-corrected chi connectivity index (χ4v) is 3.24. The average molecular weight is 392 g/mol. The molecule has 0 atom stereocenters. The summed E-state index contributed by atoms with van der Waals surface area (Å²) in [4.78, 5) is 24.2. The Morgan fingerprint density at radius 2 is 1.61 bits per heavy atom. The van der Waals surface area contributed by atoms with E-state index < -0.39 is 0 Å². The number of amides is 2. The molecular formula is C21H20N4O2S. The minimum atomic E-state index is -0.247. The molecule has 0 saturated heterocycles. The van der Waals surface area contributed by atoms with Crippen LogP contribution < -0.4 is 10.6 Å². The van der Waals surface area contributed by atoms with E-state index in [4.69, 9.17) is 0 Å². The van der Waals surface area contributed by atoms with Gasteiger partial charge in [0.25, 0.3) is 5.91 Å². The average Bonchev–Trinajstić information content (AvgIpc) is 2.67. The number of anilines is 2. The summed E-state index contributed by atoms with van der Waals surface area (Å²) in [5.74, 6) is 0.219. The monoisotopic (exact) mass is 392 g/mol. The molecule has 0 spiro atoms. The van der Waals surface area contributed by atoms with Crippen molar-refractivity contribution in [1.29, 1.82) is 0 Å². The van der Waals surface area contributed by atoms with Gasteiger partial charge in [0.1, 0.15) is 5.03 Å². The van der Waals surface area contributed by atoms with Crippen molar-refractivity contribution in [2.24, 2.45) is 0 Å². The maximum Gasteiger partial charge on any atom is 0.256 e. The Bertz CT molecular complexity index is 955. The second kappa shape index (κ2) is 9.14. The van der Waals surface area contributed by atoms with E-state index in [2.05, 4.69) is 26.9 Å². The quantitative estimate of drug-likeness (QED) is 0.618. The van der Waals surface area contributed by atoms with E-state index in [0.717, 1.165) is 16.8 Å². The number of nitrogens with one attached hydrogen (secondary N) is 2. The van der Waals surface area contributed by atoms with Gasteiger partial charge in [0.2, 0.25) is 5.91 Å². The van der Waals surface area contributed by atoms with Crippen molar-refractivity contribution in [3.63, 3.8) is 0 Å². The van der Waals surface area contributed by atoms with Gasteiger partial charge in [0.05, 0.1) is 5.75 Å². The lowest BCUT2D eigenvalue weighted by Gasteiger charge is -2.07. The lowest BCUT2D eigenvalue weighted by molar-refractivity contribution is -0.113. The molecule has 2 amide bonds. The second-order valence-corrected chi connectivity index (χ2v) is 7.29. The zero-order valence-corrected chi connectivity index (χ0v) is 16.4. The van der Waals surface area contributed by atoms with E-state index in [-0.39, 0.29) is 17.6 Å². The summed E-state index contributed by atoms with van der Waals surface area (Å²) in [6.07, 6.45) is 0. The number of aryl methyl sites for hydroxylation is 2. The fourth-order valence-electron chi connectivity index (χ4n) is 2.63. The van der Waals surface area contributed by atoms with E-state index in [1.165, 1.54) is 11.8 Å². The van der Waals surface area contributed by atoms with Gasteiger partial charge in [0, 0.05) is 11.3 Å². The van der Waals surface area contributed by atoms with Crippen LogP contribution in [-0.2, 0) is 4.79 Å². The number of hydrogen-bond acceptors (Lipinski definition) is 5. The molecule has 0 aliphatic heterocycles. The van der Waals surface area contributed by atoms with Gasteiger partial charge < -0.3 is 10.6 Å². The first-order valence-electron chi connectivity index (χ1n) is 8.71. The summed E-state index contributed by atoms with van der Waals surface area (Å²) in [7, 11) is 0. The highest BCUT2D eigenvalue weighted by Gasteiger charge is 2.08. The van der Waals surface area contributed by atoms with Crippen molar-refractivity contribution in [1.82, 2.24) is 10.2 Å². The van der Waals surface area contributed by atoms with Crippen LogP contribution in [0.4, 0.5) is 11.5 Å². The lowest BCUT2D eigenvalue weighted by atomic mass is 10.1. The van der Waals surface area contributed by atoms with Gasteiger partial charge in [-0.25, -0.2) is 0 Å². The Morgan fingerprint density at radius 3 is 2.25 bits per heavy atom. The molecule has 0 aliphatic carbocycles. The van der Waals surface area contributed by atoms with Crippen LogP contribution in [0.25, 0.3) is 0 Å². The first-order valence-corrected chi connectivity index (χ1v) is 9.69. The van der Waals surface area contributed by atoms with Crippen LogP contribution in [-0.4, -0.2) is 27.8 Å². The third kappa shape index (κ3) is 5.65. The summed E-state index contributed by atoms with van der Waals surface area (Å²) in [6, 6.07) is 18.2. The molecule has 2 N–H and O–H groups in total. The highest BCUT2D eigenvalue weighted by Crippen LogP contribution is 2.18. The van der Waals surface area contributed by atoms with Gasteiger partial charge in [-0.3, -0.25) is 9.59 Å². The van der Waals surface area contributed by atoms with Crippen molar-refractivity contribution in [2.45, 2.75) is 18.9 Å². The van der Waals surface area contributed by atoms with E-state index in [0.29, 0.717) is 16.4 Å². The van der Waals surface area contributed by atoms with Crippen LogP contribution in [0.15, 0.2) is 65.7 Å². The van der Waals surface area contributed by atoms with Crippen LogP contribution in [0.3, 0.4) is 0 Å². The van der Waals surface area contributed by atoms with Crippen LogP contribution in [0.1, 0.15) is 21.5 Å². The van der Waals surface area contributed by atoms with E-state index >= 15 is 0 Å². The molecule has 1 aromatic heterocycles. The van der Waals surface area contributed by atoms with Crippen LogP contribution in [0, 0.1) is 13.8 Å². The number of carbonyl (C=O) groups is 2. The SMILES string of the molecule is Cc1cc(C)cc(NC(=O)CSc2ccc(NC(=O)c3ccccc3)nn2)c1. The number of aromatic nitrogens is 2. The predicted molar refractivity (Wildman–Crippen MR) is 112 cm³/mol. The van der Waals surface area contributed by atoms with Gasteiger partial charge in [-0.05, 0) is 61.4 Å². The number of thioether (sulfide) groups is 1. The first-order chi connectivity index (χ1) is 13.5. The number of benzene rings is 2. The second-order valence-electron chi connectivity index (χ2n) is 6.29. The molecule has 2 aromatic carbocycles. The number of hydrogen-bond donors (Lipinski definition) is 2. The Hall–Kier alpha value is -3.19. The molecule has 1 heterocycles. The number of carbonyl (C=O) groups excluding carboxylic acids is 2. The molecule has 0 unspecified atom stereocenters. The molecule has 0 aliphatic rings. The summed E-state index contributed by atoms with van der Waals surface area (Å²) in [5.41, 5.74) is 3.53. The third-order valence-electron chi connectivity index (χ3n) is 3.77. The summed E-state index contributed by atoms with van der Waals surface area (Å²) in [6.45, 7) is 3.98. The van der Waals surface area contributed by atoms with Crippen molar-refractivity contribution < 1.29 is 9.59 Å². The van der Waals surface area contributed by atoms with Crippen molar-refractivity contribution in [2.75, 3.05) is 16.4 Å². The Kier molecular flexibility index (Phi) is 6.39. The normalized spacial score (nSPS) is 10.4. The van der Waals surface area contributed by atoms with Gasteiger partial charge in [-0.1, -0.05) is 36.0 Å². The van der Waals surface area contributed by atoms with E-state index in [1.54, 1.807) is 36.4 Å². The van der Waals surface area contributed by atoms with Gasteiger partial charge in [-0.15, -0.1) is 10.2 Å². The summed E-state index contributed by atoms with van der Waals surface area (Å²) in [5, 5.41) is 14.2. The third-order valence-corrected chi connectivity index (χ3v) is 4.69. The lowest BCUT2D eigenvalue weighted by Crippen LogP contribution is -2.15. The van der Waals surface area contributed by atoms with Crippen molar-refractivity contribution >= 4 is 35.1 Å². The molecule has 3 aromatic rings. The minimum absolute atomic E-state index is 0.113. The molecule has 0 bridgehead atoms. The first kappa shape index (κ1) is 19.6. The topological polar surface area (TPSA) is 84.0 Å². The maximum absolute atomic E-state index is 12.1. The van der Waals surface area contributed by atoms with Gasteiger partial charge in [0.15, 0.2) is 5.82 Å². The Balaban J connectivity index is 1.51. The molecule has 7 heteroatoms. The minimum Gasteiger partial charge on any atom is -0.325 e. The van der Waals surface area contributed by atoms with Gasteiger partial charge >= 0.3 is 0 Å². The number of nitrogens with zero attached hydrogens (tertiary/aromatic N) is 2. The molecule has 0 radical (unpaired) electrons. The molecule has 6 nitrogen and oxygen atoms in total. The van der Waals surface area contributed by atoms with E-state index in [1.807, 2.05) is 32.0 Å². The molecule has 0 saturated carbocycles. The molecule has 3 rings (SSSR count). The predicted octanol–water partition coefficient (Wildman–Crippen LogP) is 4.08. The Labute approximate surface area is 167 Å². The van der Waals surface area contributed by atoms with Crippen molar-refractivity contribution in [3.05, 3.63) is 77.4 Å². The van der Waals surface area contributed by atoms with Crippen LogP contribution in [0.5, 0.6) is 0 Å². The highest BCUT2D eigenvalue weighted by atomic mass is 32.2. The van der Waals surface area contributed by atoms with Crippen LogP contribution >= 0.6 is 11.8 Å². The molecule has 142 valence electrons. The largest absolute Gasteiger partial charge is 0.325 e. The molecule has 28 heavy (non-hydrogen) atoms. The fraction of sp³-hybridized carbons (Fsp3) is 0.143. The highest BCUT2D eigenvalue weighted by molar-refractivity contribution is 7.99. The summed E-state index contributed by atoms with van der Waals surface area (Å²) < 4.78 is 0. The number of rotatable bonds is 6. The van der Waals surface area contributed by atoms with Gasteiger partial charge in [-0.2, -0.15) is 0 Å².